The van der Waals surface area contributed by atoms with Gasteiger partial charge in [-0.15, -0.1) is 0 Å². The third-order valence-corrected chi connectivity index (χ3v) is 7.44. The molecule has 3 aliphatic rings. The van der Waals surface area contributed by atoms with Crippen molar-refractivity contribution < 1.29 is 34.1 Å². The molecule has 1 aliphatic carbocycles. The number of phenolic OH excluding ortho intramolecular Hbond substituents is 2. The number of anilines is 1. The lowest BCUT2D eigenvalue weighted by Crippen LogP contribution is -2.44. The highest BCUT2D eigenvalue weighted by atomic mass is 16.5. The number of phenols is 2. The molecule has 0 spiro atoms. The van der Waals surface area contributed by atoms with E-state index in [0.29, 0.717) is 12.8 Å². The fraction of sp³-hybridized carbons (Fsp3) is 0.286. The molecule has 2 aromatic rings. The van der Waals surface area contributed by atoms with Gasteiger partial charge in [-0.3, -0.25) is 19.2 Å². The van der Waals surface area contributed by atoms with Gasteiger partial charge in [-0.1, -0.05) is 18.2 Å². The number of ketones is 3. The first kappa shape index (κ1) is 24.3. The number of aromatic hydroxyl groups is 2. The average Bonchev–Trinajstić information content (AvgIpc) is 3.03. The number of rotatable bonds is 3. The number of hydrogen-bond donors (Lipinski definition) is 4. The van der Waals surface area contributed by atoms with Crippen LogP contribution in [0.4, 0.5) is 5.69 Å². The van der Waals surface area contributed by atoms with Crippen LogP contribution in [0.1, 0.15) is 54.2 Å². The summed E-state index contributed by atoms with van der Waals surface area (Å²) >= 11 is 0. The smallest absolute Gasteiger partial charge is 0.246 e. The molecule has 0 radical (unpaired) electrons. The fourth-order valence-corrected chi connectivity index (χ4v) is 5.34. The summed E-state index contributed by atoms with van der Waals surface area (Å²) in [5.74, 6) is -3.10. The Balaban J connectivity index is 1.56. The van der Waals surface area contributed by atoms with Gasteiger partial charge in [0.2, 0.25) is 5.91 Å². The summed E-state index contributed by atoms with van der Waals surface area (Å²) in [4.78, 5) is 52.3. The molecule has 9 nitrogen and oxygen atoms in total. The van der Waals surface area contributed by atoms with Crippen LogP contribution in [0.2, 0.25) is 0 Å². The van der Waals surface area contributed by atoms with Crippen molar-refractivity contribution in [2.24, 2.45) is 0 Å². The molecule has 2 atom stereocenters. The van der Waals surface area contributed by atoms with Crippen LogP contribution in [0.15, 0.2) is 47.4 Å². The van der Waals surface area contributed by atoms with Crippen LogP contribution in [0.3, 0.4) is 0 Å². The molecular formula is C28H26N2O7. The van der Waals surface area contributed by atoms with Crippen LogP contribution in [0, 0.1) is 6.92 Å². The quantitative estimate of drug-likeness (QED) is 0.285. The van der Waals surface area contributed by atoms with Crippen molar-refractivity contribution in [2.45, 2.75) is 52.0 Å². The van der Waals surface area contributed by atoms with Crippen LogP contribution in [-0.2, 0) is 26.2 Å². The molecule has 1 amide bonds. The average molecular weight is 503 g/mol. The number of hydrogen-bond acceptors (Lipinski definition) is 8. The number of fused-ring (bicyclic) bond motifs is 4. The van der Waals surface area contributed by atoms with Gasteiger partial charge in [0.05, 0.1) is 11.1 Å². The largest absolute Gasteiger partial charge is 0.507 e. The van der Waals surface area contributed by atoms with Crippen molar-refractivity contribution in [1.82, 2.24) is 5.32 Å². The van der Waals surface area contributed by atoms with Gasteiger partial charge < -0.3 is 25.6 Å². The summed E-state index contributed by atoms with van der Waals surface area (Å²) in [6.45, 7) is 5.71. The summed E-state index contributed by atoms with van der Waals surface area (Å²) < 4.78 is 5.78. The van der Waals surface area contributed by atoms with Gasteiger partial charge in [0, 0.05) is 23.0 Å². The Morgan fingerprint density at radius 2 is 1.84 bits per heavy atom. The standard InChI is InChI=1S/C28H26N2O7/c1-12-23(33)21(14(3)31)25-22(24(12)34)28(4)19(37-25)11-18(32)20(26(28)35)13(2)29-17-10-9-15-7-5-6-8-16(15)30-27(17)36/h5-8,11,17,29,33-34H,9-10H2,1-4H3,(H,30,36)/t17?,28-/m0/s1. The Kier molecular flexibility index (Phi) is 5.47. The van der Waals surface area contributed by atoms with E-state index in [9.17, 15) is 29.4 Å². The van der Waals surface area contributed by atoms with Gasteiger partial charge in [-0.05, 0) is 52.2 Å². The number of Topliss-reactive ketones (excluding diaryl/α,β-unsaturated/α-hetero) is 2. The number of benzene rings is 2. The van der Waals surface area contributed by atoms with Gasteiger partial charge in [0.25, 0.3) is 0 Å². The second-order valence-electron chi connectivity index (χ2n) is 9.77. The zero-order valence-corrected chi connectivity index (χ0v) is 20.8. The van der Waals surface area contributed by atoms with Crippen molar-refractivity contribution in [3.63, 3.8) is 0 Å². The second kappa shape index (κ2) is 8.33. The lowest BCUT2D eigenvalue weighted by molar-refractivity contribution is -0.124. The number of carbonyl (C=O) groups excluding carboxylic acids is 4. The first-order valence-electron chi connectivity index (χ1n) is 11.9. The predicted octanol–water partition coefficient (Wildman–Crippen LogP) is 3.11. The molecule has 37 heavy (non-hydrogen) atoms. The van der Waals surface area contributed by atoms with Crippen molar-refractivity contribution in [2.75, 3.05) is 5.32 Å². The van der Waals surface area contributed by atoms with Gasteiger partial charge in [0.1, 0.15) is 40.0 Å². The normalized spacial score (nSPS) is 23.6. The zero-order chi connectivity index (χ0) is 26.8. The molecule has 0 bridgehead atoms. The van der Waals surface area contributed by atoms with E-state index in [1.165, 1.54) is 20.8 Å². The van der Waals surface area contributed by atoms with Crippen molar-refractivity contribution in [3.05, 3.63) is 69.6 Å². The number of nitrogens with one attached hydrogen (secondary N) is 2. The molecule has 2 heterocycles. The number of aryl methyl sites for hydroxylation is 1. The second-order valence-corrected chi connectivity index (χ2v) is 9.77. The monoisotopic (exact) mass is 502 g/mol. The van der Waals surface area contributed by atoms with E-state index < -0.39 is 40.3 Å². The minimum atomic E-state index is -1.61. The van der Waals surface area contributed by atoms with E-state index in [2.05, 4.69) is 10.6 Å². The van der Waals surface area contributed by atoms with Crippen LogP contribution < -0.4 is 15.4 Å². The zero-order valence-electron chi connectivity index (χ0n) is 20.8. The lowest BCUT2D eigenvalue weighted by Gasteiger charge is -2.29. The molecule has 5 rings (SSSR count). The van der Waals surface area contributed by atoms with Crippen LogP contribution in [0.5, 0.6) is 17.2 Å². The van der Waals surface area contributed by atoms with E-state index in [4.69, 9.17) is 4.74 Å². The molecular weight excluding hydrogens is 476 g/mol. The topological polar surface area (TPSA) is 142 Å². The SMILES string of the molecule is CC(=O)c1c(O)c(C)c(O)c2c1OC1=CC(=O)C(=C(C)NC3CCc4ccccc4NC3=O)C(=O)[C@@]12C. The molecule has 9 heteroatoms. The highest BCUT2D eigenvalue weighted by Crippen LogP contribution is 2.57. The third-order valence-electron chi connectivity index (χ3n) is 7.44. The highest BCUT2D eigenvalue weighted by Gasteiger charge is 2.56. The van der Waals surface area contributed by atoms with Crippen molar-refractivity contribution >= 4 is 28.9 Å². The molecule has 2 aromatic carbocycles. The number of allylic oxidation sites excluding steroid dienone is 4. The molecule has 0 fully saturated rings. The Morgan fingerprint density at radius 1 is 1.14 bits per heavy atom. The summed E-state index contributed by atoms with van der Waals surface area (Å²) in [6, 6.07) is 6.79. The van der Waals surface area contributed by atoms with E-state index in [-0.39, 0.29) is 45.4 Å². The molecule has 190 valence electrons. The molecule has 1 unspecified atom stereocenters. The van der Waals surface area contributed by atoms with E-state index in [0.717, 1.165) is 17.3 Å². The first-order valence-corrected chi connectivity index (χ1v) is 11.9. The Labute approximate surface area is 212 Å². The molecule has 2 aliphatic heterocycles. The number of carbonyl (C=O) groups is 4. The third kappa shape index (κ3) is 3.45. The van der Waals surface area contributed by atoms with Crippen LogP contribution >= 0.6 is 0 Å². The van der Waals surface area contributed by atoms with Gasteiger partial charge in [0.15, 0.2) is 17.3 Å². The Morgan fingerprint density at radius 3 is 2.54 bits per heavy atom. The summed E-state index contributed by atoms with van der Waals surface area (Å²) in [7, 11) is 0. The minimum absolute atomic E-state index is 0.0182. The highest BCUT2D eigenvalue weighted by molar-refractivity contribution is 6.31. The Hall–Kier alpha value is -4.40. The number of para-hydroxylation sites is 1. The van der Waals surface area contributed by atoms with E-state index >= 15 is 0 Å². The fourth-order valence-electron chi connectivity index (χ4n) is 5.34. The van der Waals surface area contributed by atoms with Crippen molar-refractivity contribution in [1.29, 1.82) is 0 Å². The van der Waals surface area contributed by atoms with E-state index in [1.807, 2.05) is 24.3 Å². The minimum Gasteiger partial charge on any atom is -0.507 e. The molecule has 0 aromatic heterocycles. The summed E-state index contributed by atoms with van der Waals surface area (Å²) in [5.41, 5.74) is 0.0137. The van der Waals surface area contributed by atoms with Crippen LogP contribution in [0.25, 0.3) is 0 Å². The lowest BCUT2D eigenvalue weighted by atomic mass is 9.70. The molecule has 4 N–H and O–H groups in total. The summed E-state index contributed by atoms with van der Waals surface area (Å²) in [6.07, 6.45) is 2.21. The van der Waals surface area contributed by atoms with Crippen LogP contribution in [-0.4, -0.2) is 39.5 Å². The van der Waals surface area contributed by atoms with E-state index in [1.54, 1.807) is 6.92 Å². The maximum absolute atomic E-state index is 13.9. The van der Waals surface area contributed by atoms with Gasteiger partial charge in [-0.25, -0.2) is 0 Å². The first-order chi connectivity index (χ1) is 17.5. The molecule has 0 saturated heterocycles. The van der Waals surface area contributed by atoms with Gasteiger partial charge in [-0.2, -0.15) is 0 Å². The molecule has 0 saturated carbocycles. The summed E-state index contributed by atoms with van der Waals surface area (Å²) in [5, 5.41) is 27.4. The number of amides is 1. The predicted molar refractivity (Wildman–Crippen MR) is 134 cm³/mol. The van der Waals surface area contributed by atoms with Gasteiger partial charge >= 0.3 is 0 Å². The maximum atomic E-state index is 13.9. The Bertz CT molecular complexity index is 1500. The maximum Gasteiger partial charge on any atom is 0.246 e. The van der Waals surface area contributed by atoms with Crippen molar-refractivity contribution in [3.8, 4) is 17.2 Å². The number of ether oxygens (including phenoxy) is 1.